The standard InChI is InChI=1S/C62H117NO13/c1-3-5-7-9-11-13-15-17-19-20-21-22-23-24-25-26-27-28-29-30-31-32-34-36-38-40-42-44-46-54(67)63-50(51(66)45-43-41-39-37-35-33-18-16-14-12-10-8-6-4-2)49-73-61-59(72)57(70)60(53(48-65)75-61)76-62-58(71)56(69)55(68)52(47-64)74-62/h35,37,43,45,50-53,55-62,64-66,68-72H,3-34,36,38-42,44,46-49H2,1-2H3,(H,63,67)/b37-35+,45-43+. The van der Waals surface area contributed by atoms with Gasteiger partial charge in [-0.2, -0.15) is 0 Å². The first kappa shape index (κ1) is 70.6. The molecule has 448 valence electrons. The van der Waals surface area contributed by atoms with Crippen LogP contribution in [-0.4, -0.2) is 140 Å². The highest BCUT2D eigenvalue weighted by molar-refractivity contribution is 5.76. The topological polar surface area (TPSA) is 228 Å². The first-order valence-electron chi connectivity index (χ1n) is 31.6. The smallest absolute Gasteiger partial charge is 0.220 e. The van der Waals surface area contributed by atoms with Crippen molar-refractivity contribution in [2.75, 3.05) is 19.8 Å². The minimum Gasteiger partial charge on any atom is -0.394 e. The number of amides is 1. The molecular formula is C62H117NO13. The van der Waals surface area contributed by atoms with Gasteiger partial charge in [-0.05, 0) is 32.1 Å². The lowest BCUT2D eigenvalue weighted by Gasteiger charge is -2.46. The first-order valence-corrected chi connectivity index (χ1v) is 31.6. The van der Waals surface area contributed by atoms with E-state index in [9.17, 15) is 45.6 Å². The highest BCUT2D eigenvalue weighted by atomic mass is 16.7. The molecule has 0 bridgehead atoms. The zero-order valence-corrected chi connectivity index (χ0v) is 48.3. The molecule has 0 aromatic rings. The maximum absolute atomic E-state index is 13.3. The van der Waals surface area contributed by atoms with Crippen LogP contribution in [0.5, 0.6) is 0 Å². The molecule has 0 spiro atoms. The minimum atomic E-state index is -1.79. The monoisotopic (exact) mass is 1080 g/mol. The highest BCUT2D eigenvalue weighted by Crippen LogP contribution is 2.30. The van der Waals surface area contributed by atoms with Crippen LogP contribution in [0.2, 0.25) is 0 Å². The number of carbonyl (C=O) groups is 1. The first-order chi connectivity index (χ1) is 37.1. The molecule has 0 aliphatic carbocycles. The summed E-state index contributed by atoms with van der Waals surface area (Å²) in [5.74, 6) is -0.244. The Hall–Kier alpha value is -1.53. The number of ether oxygens (including phenoxy) is 4. The Morgan fingerprint density at radius 3 is 1.29 bits per heavy atom. The van der Waals surface area contributed by atoms with Crippen molar-refractivity contribution >= 4 is 5.91 Å². The number of aliphatic hydroxyl groups is 8. The van der Waals surface area contributed by atoms with Gasteiger partial charge in [0.15, 0.2) is 12.6 Å². The Morgan fingerprint density at radius 1 is 0.461 bits per heavy atom. The van der Waals surface area contributed by atoms with Gasteiger partial charge in [0.05, 0.1) is 32.0 Å². The van der Waals surface area contributed by atoms with Gasteiger partial charge in [-0.3, -0.25) is 4.79 Å². The van der Waals surface area contributed by atoms with Gasteiger partial charge in [0.1, 0.15) is 48.8 Å². The maximum Gasteiger partial charge on any atom is 0.220 e. The van der Waals surface area contributed by atoms with Crippen molar-refractivity contribution in [3.63, 3.8) is 0 Å². The van der Waals surface area contributed by atoms with Crippen LogP contribution in [-0.2, 0) is 23.7 Å². The van der Waals surface area contributed by atoms with Gasteiger partial charge in [-0.15, -0.1) is 0 Å². The van der Waals surface area contributed by atoms with E-state index in [-0.39, 0.29) is 18.9 Å². The molecule has 2 aliphatic heterocycles. The molecule has 76 heavy (non-hydrogen) atoms. The molecule has 2 aliphatic rings. The minimum absolute atomic E-state index is 0.244. The Morgan fingerprint density at radius 2 is 0.842 bits per heavy atom. The second-order valence-corrected chi connectivity index (χ2v) is 22.5. The van der Waals surface area contributed by atoms with Gasteiger partial charge < -0.3 is 65.1 Å². The molecule has 2 rings (SSSR count). The number of hydrogen-bond donors (Lipinski definition) is 9. The highest BCUT2D eigenvalue weighted by Gasteiger charge is 2.51. The summed E-state index contributed by atoms with van der Waals surface area (Å²) in [6, 6.07) is -0.927. The van der Waals surface area contributed by atoms with Crippen molar-refractivity contribution < 1.29 is 64.6 Å². The second-order valence-electron chi connectivity index (χ2n) is 22.5. The number of carbonyl (C=O) groups excluding carboxylic acids is 1. The Kier molecular flexibility index (Phi) is 44.8. The van der Waals surface area contributed by atoms with E-state index < -0.39 is 86.8 Å². The Balaban J connectivity index is 1.68. The number of unbranched alkanes of at least 4 members (excludes halogenated alkanes) is 36. The number of allylic oxidation sites excluding steroid dienone is 3. The van der Waals surface area contributed by atoms with E-state index in [2.05, 4.69) is 31.3 Å². The third kappa shape index (κ3) is 33.3. The van der Waals surface area contributed by atoms with Crippen molar-refractivity contribution in [2.45, 2.75) is 344 Å². The van der Waals surface area contributed by atoms with Crippen LogP contribution in [0.1, 0.15) is 271 Å². The number of nitrogens with one attached hydrogen (secondary N) is 1. The Bertz CT molecular complexity index is 1370. The lowest BCUT2D eigenvalue weighted by molar-refractivity contribution is -0.359. The summed E-state index contributed by atoms with van der Waals surface area (Å²) in [5.41, 5.74) is 0. The zero-order chi connectivity index (χ0) is 55.3. The molecule has 12 unspecified atom stereocenters. The summed E-state index contributed by atoms with van der Waals surface area (Å²) >= 11 is 0. The van der Waals surface area contributed by atoms with Crippen molar-refractivity contribution in [1.82, 2.24) is 5.32 Å². The Labute approximate surface area is 462 Å². The van der Waals surface area contributed by atoms with Gasteiger partial charge in [0.2, 0.25) is 5.91 Å². The summed E-state index contributed by atoms with van der Waals surface area (Å²) in [5, 5.41) is 87.0. The fourth-order valence-electron chi connectivity index (χ4n) is 10.5. The average molecular weight is 1080 g/mol. The van der Waals surface area contributed by atoms with Crippen LogP contribution in [0.25, 0.3) is 0 Å². The molecule has 2 heterocycles. The van der Waals surface area contributed by atoms with Crippen LogP contribution >= 0.6 is 0 Å². The molecule has 2 fully saturated rings. The third-order valence-corrected chi connectivity index (χ3v) is 15.6. The summed E-state index contributed by atoms with van der Waals surface area (Å²) in [6.07, 6.45) is 41.0. The molecule has 0 aromatic heterocycles. The van der Waals surface area contributed by atoms with Crippen LogP contribution in [0.15, 0.2) is 24.3 Å². The van der Waals surface area contributed by atoms with Crippen LogP contribution in [0, 0.1) is 0 Å². The summed E-state index contributed by atoms with van der Waals surface area (Å²) in [4.78, 5) is 13.3. The quantitative estimate of drug-likeness (QED) is 0.0204. The molecule has 9 N–H and O–H groups in total. The largest absolute Gasteiger partial charge is 0.394 e. The van der Waals surface area contributed by atoms with E-state index in [1.54, 1.807) is 6.08 Å². The van der Waals surface area contributed by atoms with E-state index in [1.807, 2.05) is 6.08 Å². The van der Waals surface area contributed by atoms with Crippen molar-refractivity contribution in [3.05, 3.63) is 24.3 Å². The lowest BCUT2D eigenvalue weighted by Crippen LogP contribution is -2.65. The predicted octanol–water partition coefficient (Wildman–Crippen LogP) is 11.2. The molecule has 0 saturated carbocycles. The van der Waals surface area contributed by atoms with Crippen LogP contribution < -0.4 is 5.32 Å². The fourth-order valence-corrected chi connectivity index (χ4v) is 10.5. The van der Waals surface area contributed by atoms with Crippen molar-refractivity contribution in [3.8, 4) is 0 Å². The van der Waals surface area contributed by atoms with Gasteiger partial charge in [-0.1, -0.05) is 256 Å². The number of aliphatic hydroxyl groups excluding tert-OH is 8. The fraction of sp³-hybridized carbons (Fsp3) is 0.919. The normalized spacial score (nSPS) is 25.0. The summed E-state index contributed by atoms with van der Waals surface area (Å²) in [7, 11) is 0. The molecule has 1 amide bonds. The molecule has 12 atom stereocenters. The molecule has 0 aromatic carbocycles. The van der Waals surface area contributed by atoms with E-state index >= 15 is 0 Å². The van der Waals surface area contributed by atoms with Gasteiger partial charge in [0, 0.05) is 6.42 Å². The maximum atomic E-state index is 13.3. The van der Waals surface area contributed by atoms with Gasteiger partial charge in [-0.25, -0.2) is 0 Å². The van der Waals surface area contributed by atoms with E-state index in [0.29, 0.717) is 12.8 Å². The average Bonchev–Trinajstić information content (AvgIpc) is 3.42. The van der Waals surface area contributed by atoms with Crippen LogP contribution in [0.4, 0.5) is 0 Å². The molecule has 14 heteroatoms. The number of hydrogen-bond acceptors (Lipinski definition) is 13. The van der Waals surface area contributed by atoms with Gasteiger partial charge in [0.25, 0.3) is 0 Å². The van der Waals surface area contributed by atoms with Crippen molar-refractivity contribution in [2.24, 2.45) is 0 Å². The molecule has 14 nitrogen and oxygen atoms in total. The number of rotatable bonds is 51. The van der Waals surface area contributed by atoms with Crippen molar-refractivity contribution in [1.29, 1.82) is 0 Å². The molecule has 0 radical (unpaired) electrons. The van der Waals surface area contributed by atoms with E-state index in [1.165, 1.54) is 205 Å². The second kappa shape index (κ2) is 48.2. The predicted molar refractivity (Wildman–Crippen MR) is 305 cm³/mol. The van der Waals surface area contributed by atoms with Gasteiger partial charge >= 0.3 is 0 Å². The molecule has 2 saturated heterocycles. The van der Waals surface area contributed by atoms with E-state index in [0.717, 1.165) is 32.1 Å². The van der Waals surface area contributed by atoms with E-state index in [4.69, 9.17) is 18.9 Å². The third-order valence-electron chi connectivity index (χ3n) is 15.6. The van der Waals surface area contributed by atoms with Crippen LogP contribution in [0.3, 0.4) is 0 Å². The molecular weight excluding hydrogens is 967 g/mol. The lowest BCUT2D eigenvalue weighted by atomic mass is 9.97. The summed E-state index contributed by atoms with van der Waals surface area (Å²) < 4.78 is 22.8. The summed E-state index contributed by atoms with van der Waals surface area (Å²) in [6.45, 7) is 2.80. The SMILES string of the molecule is CCCCCCCCCC/C=C/CC/C=C/C(O)C(COC1OC(CO)C(OC2OC(CO)C(O)C(O)C2O)C(O)C1O)NC(=O)CCCCCCCCCCCCCCCCCCCCCCCCCCCCCC. The zero-order valence-electron chi connectivity index (χ0n) is 48.3.